The van der Waals surface area contributed by atoms with E-state index < -0.39 is 5.82 Å². The second-order valence-electron chi connectivity index (χ2n) is 9.38. The summed E-state index contributed by atoms with van der Waals surface area (Å²) in [4.78, 5) is 19.6. The Morgan fingerprint density at radius 2 is 2.08 bits per heavy atom. The molecule has 196 valence electrons. The molecule has 5 rings (SSSR count). The van der Waals surface area contributed by atoms with E-state index in [1.807, 2.05) is 35.1 Å². The number of hydrogen-bond donors (Lipinski definition) is 1. The fraction of sp³-hybridized carbons (Fsp3) is 0.393. The molecule has 0 bridgehead atoms. The molecule has 4 aromatic rings. The molecule has 37 heavy (non-hydrogen) atoms. The molecule has 3 heterocycles. The van der Waals surface area contributed by atoms with Crippen LogP contribution in [0.4, 0.5) is 4.39 Å². The average molecular weight is 525 g/mol. The molecule has 0 amide bonds. The van der Waals surface area contributed by atoms with Gasteiger partial charge in [-0.15, -0.1) is 11.3 Å². The van der Waals surface area contributed by atoms with Crippen molar-refractivity contribution >= 4 is 27.3 Å². The minimum Gasteiger partial charge on any atom is -0.453 e. The van der Waals surface area contributed by atoms with Crippen molar-refractivity contribution in [2.45, 2.75) is 39.7 Å². The van der Waals surface area contributed by atoms with Crippen LogP contribution in [0.15, 0.2) is 48.9 Å². The van der Waals surface area contributed by atoms with E-state index in [-0.39, 0.29) is 32.0 Å². The number of aliphatic hydroxyl groups excluding tert-OH is 1. The van der Waals surface area contributed by atoms with Crippen molar-refractivity contribution in [3.8, 4) is 21.9 Å². The van der Waals surface area contributed by atoms with Crippen molar-refractivity contribution in [1.82, 2.24) is 19.7 Å². The second-order valence-corrected chi connectivity index (χ2v) is 10.4. The molecule has 7 nitrogen and oxygen atoms in total. The Bertz CT molecular complexity index is 1360. The van der Waals surface area contributed by atoms with Crippen LogP contribution in [0.25, 0.3) is 20.7 Å². The molecule has 0 saturated heterocycles. The monoisotopic (exact) mass is 524 g/mol. The normalized spacial score (nSPS) is 13.2. The number of carbonyl (C=O) groups excluding carboxylic acids is 1. The molecule has 1 N–H and O–H groups in total. The summed E-state index contributed by atoms with van der Waals surface area (Å²) in [6.45, 7) is 2.26. The number of likely N-dealkylation sites (N-methyl/N-ethyl adjacent to an activating group) is 1. The maximum atomic E-state index is 14.8. The Kier molecular flexibility index (Phi) is 8.68. The standard InChI is InChI=1S/C27H29FN4O3S.CH4/c1-31(10-11-33)8-9-32-17-20(16-30-32)26-15-23-27(36-26)25(6-7-29-23)35-24-5-4-19(14-22(24)28)13-21(34)12-18-2-3-18;/h4-7,14-18,33H,2-3,8-13H2,1H3;1H4. The fourth-order valence-electron chi connectivity index (χ4n) is 4.11. The van der Waals surface area contributed by atoms with Gasteiger partial charge in [-0.1, -0.05) is 13.5 Å². The smallest absolute Gasteiger partial charge is 0.166 e. The lowest BCUT2D eigenvalue weighted by Gasteiger charge is -2.14. The minimum atomic E-state index is -0.485. The molecule has 1 saturated carbocycles. The van der Waals surface area contributed by atoms with E-state index in [1.165, 1.54) is 17.4 Å². The minimum absolute atomic E-state index is 0. The Labute approximate surface area is 220 Å². The number of thiophene rings is 1. The highest BCUT2D eigenvalue weighted by Crippen LogP contribution is 2.39. The summed E-state index contributed by atoms with van der Waals surface area (Å²) < 4.78 is 23.5. The van der Waals surface area contributed by atoms with E-state index in [9.17, 15) is 9.18 Å². The van der Waals surface area contributed by atoms with Gasteiger partial charge in [0.25, 0.3) is 0 Å². The number of rotatable bonds is 12. The Hall–Kier alpha value is -3.14. The summed E-state index contributed by atoms with van der Waals surface area (Å²) in [5.74, 6) is 0.859. The summed E-state index contributed by atoms with van der Waals surface area (Å²) in [5.41, 5.74) is 2.41. The van der Waals surface area contributed by atoms with E-state index in [0.717, 1.165) is 46.6 Å². The van der Waals surface area contributed by atoms with Gasteiger partial charge in [0.05, 0.1) is 29.6 Å². The van der Waals surface area contributed by atoms with E-state index in [4.69, 9.17) is 9.84 Å². The quantitative estimate of drug-likeness (QED) is 0.261. The third kappa shape index (κ3) is 6.80. The lowest BCUT2D eigenvalue weighted by Crippen LogP contribution is -2.26. The third-order valence-electron chi connectivity index (χ3n) is 6.32. The van der Waals surface area contributed by atoms with Crippen molar-refractivity contribution in [2.75, 3.05) is 26.7 Å². The Morgan fingerprint density at radius 1 is 1.24 bits per heavy atom. The predicted molar refractivity (Wildman–Crippen MR) is 145 cm³/mol. The topological polar surface area (TPSA) is 80.5 Å². The van der Waals surface area contributed by atoms with Crippen LogP contribution in [0, 0.1) is 11.7 Å². The first kappa shape index (κ1) is 26.9. The van der Waals surface area contributed by atoms with Crippen molar-refractivity contribution in [1.29, 1.82) is 0 Å². The molecule has 9 heteroatoms. The molecule has 3 aromatic heterocycles. The van der Waals surface area contributed by atoms with E-state index in [2.05, 4.69) is 10.1 Å². The summed E-state index contributed by atoms with van der Waals surface area (Å²) in [6, 6.07) is 8.46. The lowest BCUT2D eigenvalue weighted by atomic mass is 10.0. The number of aromatic nitrogens is 3. The zero-order valence-corrected chi connectivity index (χ0v) is 21.0. The van der Waals surface area contributed by atoms with Gasteiger partial charge in [-0.3, -0.25) is 14.5 Å². The molecule has 1 aromatic carbocycles. The van der Waals surface area contributed by atoms with Gasteiger partial charge < -0.3 is 14.7 Å². The lowest BCUT2D eigenvalue weighted by molar-refractivity contribution is -0.118. The van der Waals surface area contributed by atoms with Gasteiger partial charge in [-0.05, 0) is 49.6 Å². The van der Waals surface area contributed by atoms with Gasteiger partial charge in [0.1, 0.15) is 11.5 Å². The highest BCUT2D eigenvalue weighted by Gasteiger charge is 2.24. The molecule has 1 aliphatic rings. The van der Waals surface area contributed by atoms with E-state index in [0.29, 0.717) is 30.2 Å². The van der Waals surface area contributed by atoms with Gasteiger partial charge in [0.2, 0.25) is 0 Å². The van der Waals surface area contributed by atoms with Gasteiger partial charge in [-0.2, -0.15) is 5.10 Å². The SMILES string of the molecule is C.CN(CCO)CCn1cc(-c2cc3nccc(Oc4ccc(CC(=O)CC5CC5)cc4F)c3s2)cn1. The molecular formula is C28H33FN4O3S. The molecule has 0 radical (unpaired) electrons. The molecule has 0 unspecified atom stereocenters. The number of Topliss-reactive ketones (excluding diaryl/α,β-unsaturated/α-hetero) is 1. The zero-order valence-electron chi connectivity index (χ0n) is 20.2. The summed E-state index contributed by atoms with van der Waals surface area (Å²) in [5, 5.41) is 13.5. The number of pyridine rings is 1. The van der Waals surface area contributed by atoms with Crippen LogP contribution in [0.3, 0.4) is 0 Å². The molecule has 0 atom stereocenters. The van der Waals surface area contributed by atoms with Crippen LogP contribution < -0.4 is 4.74 Å². The van der Waals surface area contributed by atoms with E-state index in [1.54, 1.807) is 24.4 Å². The molecule has 1 aliphatic carbocycles. The Morgan fingerprint density at radius 3 is 2.84 bits per heavy atom. The molecule has 1 fully saturated rings. The van der Waals surface area contributed by atoms with Crippen LogP contribution in [-0.4, -0.2) is 57.3 Å². The fourth-order valence-corrected chi connectivity index (χ4v) is 5.15. The highest BCUT2D eigenvalue weighted by atomic mass is 32.1. The number of ether oxygens (including phenoxy) is 1. The molecular weight excluding hydrogens is 491 g/mol. The maximum absolute atomic E-state index is 14.8. The molecule has 0 aliphatic heterocycles. The van der Waals surface area contributed by atoms with Crippen LogP contribution in [0.2, 0.25) is 0 Å². The number of hydrogen-bond acceptors (Lipinski definition) is 7. The zero-order chi connectivity index (χ0) is 25.1. The summed E-state index contributed by atoms with van der Waals surface area (Å²) in [7, 11) is 1.96. The van der Waals surface area contributed by atoms with Crippen molar-refractivity contribution in [2.24, 2.45) is 5.92 Å². The largest absolute Gasteiger partial charge is 0.453 e. The van der Waals surface area contributed by atoms with Crippen LogP contribution in [0.1, 0.15) is 32.3 Å². The first-order chi connectivity index (χ1) is 17.5. The first-order valence-corrected chi connectivity index (χ1v) is 13.0. The van der Waals surface area contributed by atoms with E-state index >= 15 is 0 Å². The third-order valence-corrected chi connectivity index (χ3v) is 7.50. The maximum Gasteiger partial charge on any atom is 0.166 e. The van der Waals surface area contributed by atoms with Gasteiger partial charge >= 0.3 is 0 Å². The highest BCUT2D eigenvalue weighted by molar-refractivity contribution is 7.22. The van der Waals surface area contributed by atoms with Crippen LogP contribution in [-0.2, 0) is 17.8 Å². The van der Waals surface area contributed by atoms with Gasteiger partial charge in [0, 0.05) is 54.8 Å². The number of benzene rings is 1. The van der Waals surface area contributed by atoms with Crippen molar-refractivity contribution in [3.05, 3.63) is 60.3 Å². The number of ketones is 1. The summed E-state index contributed by atoms with van der Waals surface area (Å²) in [6.07, 6.45) is 8.56. The number of carbonyl (C=O) groups is 1. The predicted octanol–water partition coefficient (Wildman–Crippen LogP) is 5.56. The number of halogens is 1. The second kappa shape index (κ2) is 11.9. The average Bonchev–Trinajstić information content (AvgIpc) is 3.35. The first-order valence-electron chi connectivity index (χ1n) is 12.2. The molecule has 0 spiro atoms. The van der Waals surface area contributed by atoms with Crippen LogP contribution in [0.5, 0.6) is 11.5 Å². The van der Waals surface area contributed by atoms with Crippen LogP contribution >= 0.6 is 11.3 Å². The van der Waals surface area contributed by atoms with Gasteiger partial charge in [0.15, 0.2) is 11.6 Å². The Balaban J connectivity index is 0.00000320. The van der Waals surface area contributed by atoms with Gasteiger partial charge in [-0.25, -0.2) is 4.39 Å². The van der Waals surface area contributed by atoms with Crippen molar-refractivity contribution < 1.29 is 19.0 Å². The van der Waals surface area contributed by atoms with Crippen molar-refractivity contribution in [3.63, 3.8) is 0 Å². The number of fused-ring (bicyclic) bond motifs is 1. The number of aliphatic hydroxyl groups is 1. The summed E-state index contributed by atoms with van der Waals surface area (Å²) >= 11 is 1.52. The number of nitrogens with zero attached hydrogens (tertiary/aromatic N) is 4.